The second kappa shape index (κ2) is 5.61. The maximum Gasteiger partial charge on any atom is 0.417 e. The molecule has 0 saturated heterocycles. The molecular weight excluding hydrogens is 259 g/mol. The summed E-state index contributed by atoms with van der Waals surface area (Å²) in [6, 6.07) is -0.238. The maximum absolute atomic E-state index is 12.9. The monoisotopic (exact) mass is 279 g/mol. The van der Waals surface area contributed by atoms with Gasteiger partial charge in [-0.3, -0.25) is 0 Å². The highest BCUT2D eigenvalue weighted by Crippen LogP contribution is 2.40. The van der Waals surface area contributed by atoms with Crippen LogP contribution < -0.4 is 5.32 Å². The van der Waals surface area contributed by atoms with Gasteiger partial charge in [-0.25, -0.2) is 0 Å². The molecule has 0 saturated carbocycles. The van der Waals surface area contributed by atoms with Crippen molar-refractivity contribution in [1.82, 2.24) is 5.32 Å². The van der Waals surface area contributed by atoms with E-state index in [1.54, 1.807) is 5.38 Å². The summed E-state index contributed by atoms with van der Waals surface area (Å²) in [7, 11) is 0. The lowest BCUT2D eigenvalue weighted by Gasteiger charge is -2.27. The molecule has 0 spiro atoms. The summed E-state index contributed by atoms with van der Waals surface area (Å²) in [6.45, 7) is 8.69. The molecule has 0 radical (unpaired) electrons. The third kappa shape index (κ3) is 4.28. The molecule has 1 heterocycles. The molecule has 104 valence electrons. The van der Waals surface area contributed by atoms with Gasteiger partial charge in [-0.15, -0.1) is 0 Å². The quantitative estimate of drug-likeness (QED) is 0.830. The number of alkyl halides is 3. The summed E-state index contributed by atoms with van der Waals surface area (Å²) in [4.78, 5) is 0. The zero-order valence-corrected chi connectivity index (χ0v) is 12.0. The third-order valence-corrected chi connectivity index (χ3v) is 3.40. The first-order valence-corrected chi connectivity index (χ1v) is 6.96. The van der Waals surface area contributed by atoms with Crippen molar-refractivity contribution in [2.24, 2.45) is 5.41 Å². The maximum atomic E-state index is 12.9. The Balaban J connectivity index is 3.03. The van der Waals surface area contributed by atoms with Crippen LogP contribution >= 0.6 is 11.3 Å². The van der Waals surface area contributed by atoms with Gasteiger partial charge in [0.2, 0.25) is 0 Å². The molecule has 0 aliphatic rings. The highest BCUT2D eigenvalue weighted by Gasteiger charge is 2.36. The van der Waals surface area contributed by atoms with Crippen molar-refractivity contribution in [3.8, 4) is 0 Å². The van der Waals surface area contributed by atoms with E-state index in [-0.39, 0.29) is 11.5 Å². The minimum Gasteiger partial charge on any atom is -0.310 e. The summed E-state index contributed by atoms with van der Waals surface area (Å²) in [6.07, 6.45) is -3.58. The molecule has 1 unspecified atom stereocenters. The predicted molar refractivity (Wildman–Crippen MR) is 69.8 cm³/mol. The van der Waals surface area contributed by atoms with Crippen LogP contribution in [0.5, 0.6) is 0 Å². The van der Waals surface area contributed by atoms with Crippen LogP contribution in [0.25, 0.3) is 0 Å². The van der Waals surface area contributed by atoms with Crippen LogP contribution in [0.1, 0.15) is 51.3 Å². The van der Waals surface area contributed by atoms with Crippen molar-refractivity contribution in [2.45, 2.75) is 46.3 Å². The molecule has 0 aliphatic heterocycles. The Labute approximate surface area is 110 Å². The molecule has 1 aromatic rings. The summed E-state index contributed by atoms with van der Waals surface area (Å²) < 4.78 is 38.7. The van der Waals surface area contributed by atoms with E-state index in [1.165, 1.54) is 5.38 Å². The first-order chi connectivity index (χ1) is 8.15. The average molecular weight is 279 g/mol. The number of hydrogen-bond donors (Lipinski definition) is 1. The molecule has 18 heavy (non-hydrogen) atoms. The predicted octanol–water partition coefficient (Wildman–Crippen LogP) is 4.85. The SMILES string of the molecule is CCNC(CC(C)(C)C)c1cscc1C(F)(F)F. The molecular formula is C13H20F3NS. The standard InChI is InChI=1S/C13H20F3NS/c1-5-17-11(6-12(2,3)4)9-7-18-8-10(9)13(14,15)16/h7-8,11,17H,5-6H2,1-4H3. The second-order valence-corrected chi connectivity index (χ2v) is 6.36. The summed E-state index contributed by atoms with van der Waals surface area (Å²) in [5.74, 6) is 0. The zero-order valence-electron chi connectivity index (χ0n) is 11.2. The molecule has 0 aromatic carbocycles. The zero-order chi connectivity index (χ0) is 14.0. The van der Waals surface area contributed by atoms with Crippen LogP contribution in [0.2, 0.25) is 0 Å². The summed E-state index contributed by atoms with van der Waals surface area (Å²) in [5.41, 5.74) is -0.135. The van der Waals surface area contributed by atoms with Gasteiger partial charge in [0, 0.05) is 11.4 Å². The van der Waals surface area contributed by atoms with E-state index >= 15 is 0 Å². The topological polar surface area (TPSA) is 12.0 Å². The highest BCUT2D eigenvalue weighted by molar-refractivity contribution is 7.08. The fourth-order valence-corrected chi connectivity index (χ4v) is 2.87. The minimum absolute atomic E-state index is 0.0162. The van der Waals surface area contributed by atoms with Crippen molar-refractivity contribution in [1.29, 1.82) is 0 Å². The van der Waals surface area contributed by atoms with Crippen LogP contribution in [0, 0.1) is 5.41 Å². The van der Waals surface area contributed by atoms with Crippen LogP contribution in [0.15, 0.2) is 10.8 Å². The van der Waals surface area contributed by atoms with Crippen molar-refractivity contribution in [2.75, 3.05) is 6.54 Å². The Morgan fingerprint density at radius 3 is 2.28 bits per heavy atom. The number of halogens is 3. The number of thiophene rings is 1. The molecule has 0 amide bonds. The molecule has 1 rings (SSSR count). The smallest absolute Gasteiger partial charge is 0.310 e. The van der Waals surface area contributed by atoms with Crippen molar-refractivity contribution < 1.29 is 13.2 Å². The van der Waals surface area contributed by atoms with Gasteiger partial charge in [-0.2, -0.15) is 24.5 Å². The van der Waals surface area contributed by atoms with Gasteiger partial charge in [0.05, 0.1) is 5.56 Å². The minimum atomic E-state index is -4.26. The van der Waals surface area contributed by atoms with Gasteiger partial charge in [-0.1, -0.05) is 27.7 Å². The fourth-order valence-electron chi connectivity index (χ4n) is 1.96. The average Bonchev–Trinajstić information content (AvgIpc) is 2.62. The van der Waals surface area contributed by atoms with E-state index in [1.807, 2.05) is 27.7 Å². The molecule has 1 nitrogen and oxygen atoms in total. The molecule has 0 fully saturated rings. The third-order valence-electron chi connectivity index (χ3n) is 2.64. The molecule has 1 atom stereocenters. The van der Waals surface area contributed by atoms with E-state index < -0.39 is 11.7 Å². The van der Waals surface area contributed by atoms with E-state index in [9.17, 15) is 13.2 Å². The summed E-state index contributed by atoms with van der Waals surface area (Å²) in [5, 5.41) is 5.97. The largest absolute Gasteiger partial charge is 0.417 e. The Kier molecular flexibility index (Phi) is 4.84. The fraction of sp³-hybridized carbons (Fsp3) is 0.692. The summed E-state index contributed by atoms with van der Waals surface area (Å²) >= 11 is 1.11. The van der Waals surface area contributed by atoms with E-state index in [4.69, 9.17) is 0 Å². The number of rotatable bonds is 4. The lowest BCUT2D eigenvalue weighted by atomic mass is 9.85. The number of hydrogen-bond acceptors (Lipinski definition) is 2. The Morgan fingerprint density at radius 2 is 1.83 bits per heavy atom. The first-order valence-electron chi connectivity index (χ1n) is 6.02. The van der Waals surface area contributed by atoms with Gasteiger partial charge >= 0.3 is 6.18 Å². The first kappa shape index (κ1) is 15.5. The lowest BCUT2D eigenvalue weighted by Crippen LogP contribution is -2.27. The van der Waals surface area contributed by atoms with Gasteiger partial charge in [0.1, 0.15) is 0 Å². The Hall–Kier alpha value is -0.550. The molecule has 5 heteroatoms. The molecule has 0 aliphatic carbocycles. The van der Waals surface area contributed by atoms with E-state index in [0.29, 0.717) is 18.5 Å². The van der Waals surface area contributed by atoms with Gasteiger partial charge in [0.15, 0.2) is 0 Å². The second-order valence-electron chi connectivity index (χ2n) is 5.61. The van der Waals surface area contributed by atoms with E-state index in [2.05, 4.69) is 5.32 Å². The van der Waals surface area contributed by atoms with Crippen molar-refractivity contribution in [3.63, 3.8) is 0 Å². The Bertz CT molecular complexity index is 376. The van der Waals surface area contributed by atoms with Gasteiger partial charge in [0.25, 0.3) is 0 Å². The van der Waals surface area contributed by atoms with Crippen molar-refractivity contribution in [3.05, 3.63) is 21.9 Å². The van der Waals surface area contributed by atoms with Crippen LogP contribution in [0.4, 0.5) is 13.2 Å². The van der Waals surface area contributed by atoms with E-state index in [0.717, 1.165) is 11.3 Å². The molecule has 1 aromatic heterocycles. The van der Waals surface area contributed by atoms with Crippen LogP contribution in [0.3, 0.4) is 0 Å². The highest BCUT2D eigenvalue weighted by atomic mass is 32.1. The molecule has 1 N–H and O–H groups in total. The van der Waals surface area contributed by atoms with Crippen LogP contribution in [-0.4, -0.2) is 6.54 Å². The Morgan fingerprint density at radius 1 is 1.22 bits per heavy atom. The van der Waals surface area contributed by atoms with Gasteiger partial charge < -0.3 is 5.32 Å². The normalized spacial score (nSPS) is 14.8. The lowest BCUT2D eigenvalue weighted by molar-refractivity contribution is -0.138. The number of nitrogens with one attached hydrogen (secondary N) is 1. The van der Waals surface area contributed by atoms with Crippen molar-refractivity contribution >= 4 is 11.3 Å². The van der Waals surface area contributed by atoms with Gasteiger partial charge in [-0.05, 0) is 29.3 Å². The van der Waals surface area contributed by atoms with Crippen LogP contribution in [-0.2, 0) is 6.18 Å². The molecule has 0 bridgehead atoms.